The summed E-state index contributed by atoms with van der Waals surface area (Å²) in [6.45, 7) is 2.21. The third-order valence-corrected chi connectivity index (χ3v) is 7.48. The summed E-state index contributed by atoms with van der Waals surface area (Å²) < 4.78 is 0. The van der Waals surface area contributed by atoms with Crippen molar-refractivity contribution in [1.82, 2.24) is 15.2 Å². The first kappa shape index (κ1) is 22.2. The molecule has 33 heavy (non-hydrogen) atoms. The molecule has 1 saturated carbocycles. The Morgan fingerprint density at radius 1 is 1.00 bits per heavy atom. The van der Waals surface area contributed by atoms with E-state index in [1.54, 1.807) is 6.20 Å². The lowest BCUT2D eigenvalue weighted by molar-refractivity contribution is 0.119. The van der Waals surface area contributed by atoms with Crippen LogP contribution in [0.25, 0.3) is 10.8 Å². The molecule has 5 nitrogen and oxygen atoms in total. The fourth-order valence-electron chi connectivity index (χ4n) is 5.46. The zero-order valence-electron chi connectivity index (χ0n) is 18.8. The van der Waals surface area contributed by atoms with Gasteiger partial charge in [0.15, 0.2) is 0 Å². The average Bonchev–Trinajstić information content (AvgIpc) is 3.29. The molecule has 2 aliphatic rings. The van der Waals surface area contributed by atoms with E-state index < -0.39 is 0 Å². The Hall–Kier alpha value is -2.63. The SMILES string of the molecule is O=C(Nc1cc2ccccc2cn1)NC1CCCC1N1CCC(Cc2ccc(Cl)cc2)CC1. The second-order valence-electron chi connectivity index (χ2n) is 9.43. The van der Waals surface area contributed by atoms with Crippen molar-refractivity contribution in [2.45, 2.75) is 50.6 Å². The number of fused-ring (bicyclic) bond motifs is 1. The van der Waals surface area contributed by atoms with Crippen LogP contribution in [0, 0.1) is 5.92 Å². The van der Waals surface area contributed by atoms with E-state index in [0.29, 0.717) is 11.9 Å². The number of nitrogens with one attached hydrogen (secondary N) is 2. The molecule has 0 spiro atoms. The number of likely N-dealkylation sites (tertiary alicyclic amines) is 1. The van der Waals surface area contributed by atoms with Crippen LogP contribution in [0.15, 0.2) is 60.8 Å². The summed E-state index contributed by atoms with van der Waals surface area (Å²) >= 11 is 6.02. The van der Waals surface area contributed by atoms with E-state index in [2.05, 4.69) is 32.7 Å². The topological polar surface area (TPSA) is 57.3 Å². The number of carbonyl (C=O) groups excluding carboxylic acids is 1. The summed E-state index contributed by atoms with van der Waals surface area (Å²) in [6, 6.07) is 18.7. The first-order chi connectivity index (χ1) is 16.1. The maximum absolute atomic E-state index is 12.7. The number of benzene rings is 2. The number of aromatic nitrogens is 1. The summed E-state index contributed by atoms with van der Waals surface area (Å²) in [5.41, 5.74) is 1.37. The minimum atomic E-state index is -0.160. The molecule has 0 bridgehead atoms. The molecule has 1 aromatic heterocycles. The van der Waals surface area contributed by atoms with Crippen LogP contribution in [-0.4, -0.2) is 41.1 Å². The summed E-state index contributed by atoms with van der Waals surface area (Å²) in [7, 11) is 0. The molecule has 2 amide bonds. The fraction of sp³-hybridized carbons (Fsp3) is 0.407. The molecular weight excluding hydrogens is 432 g/mol. The lowest BCUT2D eigenvalue weighted by Crippen LogP contribution is -2.52. The van der Waals surface area contributed by atoms with Crippen molar-refractivity contribution in [2.24, 2.45) is 5.92 Å². The van der Waals surface area contributed by atoms with Gasteiger partial charge in [0.05, 0.1) is 0 Å². The number of pyridine rings is 1. The highest BCUT2D eigenvalue weighted by Crippen LogP contribution is 2.30. The number of urea groups is 1. The zero-order valence-corrected chi connectivity index (χ0v) is 19.6. The van der Waals surface area contributed by atoms with Crippen LogP contribution in [0.5, 0.6) is 0 Å². The minimum Gasteiger partial charge on any atom is -0.334 e. The Morgan fingerprint density at radius 3 is 2.55 bits per heavy atom. The second kappa shape index (κ2) is 10.1. The van der Waals surface area contributed by atoms with E-state index in [4.69, 9.17) is 11.6 Å². The van der Waals surface area contributed by atoms with E-state index in [1.165, 1.54) is 18.4 Å². The lowest BCUT2D eigenvalue weighted by atomic mass is 9.89. The van der Waals surface area contributed by atoms with Crippen molar-refractivity contribution in [1.29, 1.82) is 0 Å². The number of hydrogen-bond donors (Lipinski definition) is 2. The van der Waals surface area contributed by atoms with Crippen molar-refractivity contribution in [3.8, 4) is 0 Å². The molecule has 2 N–H and O–H groups in total. The Bertz CT molecular complexity index is 1090. The van der Waals surface area contributed by atoms with Gasteiger partial charge in [0.25, 0.3) is 0 Å². The number of piperidine rings is 1. The van der Waals surface area contributed by atoms with Crippen molar-refractivity contribution < 1.29 is 4.79 Å². The van der Waals surface area contributed by atoms with Gasteiger partial charge in [-0.3, -0.25) is 10.2 Å². The number of anilines is 1. The maximum Gasteiger partial charge on any atom is 0.320 e. The van der Waals surface area contributed by atoms with Crippen LogP contribution in [0.2, 0.25) is 5.02 Å². The molecule has 172 valence electrons. The van der Waals surface area contributed by atoms with Crippen LogP contribution in [0.4, 0.5) is 10.6 Å². The number of amides is 2. The van der Waals surface area contributed by atoms with Gasteiger partial charge < -0.3 is 5.32 Å². The van der Waals surface area contributed by atoms with Gasteiger partial charge in [0, 0.05) is 28.7 Å². The molecule has 5 rings (SSSR count). The van der Waals surface area contributed by atoms with Crippen molar-refractivity contribution in [3.05, 3.63) is 71.4 Å². The van der Waals surface area contributed by atoms with Gasteiger partial charge in [0.2, 0.25) is 0 Å². The third-order valence-electron chi connectivity index (χ3n) is 7.22. The van der Waals surface area contributed by atoms with Crippen LogP contribution in [0.1, 0.15) is 37.7 Å². The molecule has 2 heterocycles. The summed E-state index contributed by atoms with van der Waals surface area (Å²) in [5.74, 6) is 1.31. The molecule has 1 aliphatic carbocycles. The Balaban J connectivity index is 1.13. The van der Waals surface area contributed by atoms with Crippen LogP contribution >= 0.6 is 11.6 Å². The molecule has 1 aliphatic heterocycles. The van der Waals surface area contributed by atoms with Gasteiger partial charge in [0.1, 0.15) is 5.82 Å². The summed E-state index contributed by atoms with van der Waals surface area (Å²) in [5, 5.41) is 9.11. The van der Waals surface area contributed by atoms with Crippen molar-refractivity contribution >= 4 is 34.2 Å². The number of halogens is 1. The molecule has 2 aromatic carbocycles. The lowest BCUT2D eigenvalue weighted by Gasteiger charge is -2.38. The van der Waals surface area contributed by atoms with Gasteiger partial charge in [-0.2, -0.15) is 0 Å². The van der Waals surface area contributed by atoms with Crippen LogP contribution in [0.3, 0.4) is 0 Å². The van der Waals surface area contributed by atoms with Gasteiger partial charge >= 0.3 is 6.03 Å². The van der Waals surface area contributed by atoms with Crippen molar-refractivity contribution in [3.63, 3.8) is 0 Å². The summed E-state index contributed by atoms with van der Waals surface area (Å²) in [4.78, 5) is 19.7. The standard InChI is InChI=1S/C27H31ClN4O/c28-23-10-8-19(9-11-23)16-20-12-14-32(15-13-20)25-7-3-6-24(25)30-27(33)31-26-17-21-4-1-2-5-22(21)18-29-26/h1-2,4-5,8-11,17-18,20,24-25H,3,6-7,12-16H2,(H2,29,30,31,33). The van der Waals surface area contributed by atoms with Gasteiger partial charge in [-0.05, 0) is 86.7 Å². The van der Waals surface area contributed by atoms with E-state index in [9.17, 15) is 4.79 Å². The Kier molecular flexibility index (Phi) is 6.79. The quantitative estimate of drug-likeness (QED) is 0.497. The largest absolute Gasteiger partial charge is 0.334 e. The van der Waals surface area contributed by atoms with E-state index in [0.717, 1.165) is 60.5 Å². The smallest absolute Gasteiger partial charge is 0.320 e. The second-order valence-corrected chi connectivity index (χ2v) is 9.87. The molecule has 0 radical (unpaired) electrons. The highest BCUT2D eigenvalue weighted by Gasteiger charge is 2.35. The predicted octanol–water partition coefficient (Wildman–Crippen LogP) is 5.89. The molecule has 3 aromatic rings. The highest BCUT2D eigenvalue weighted by molar-refractivity contribution is 6.30. The number of nitrogens with zero attached hydrogens (tertiary/aromatic N) is 2. The first-order valence-corrected chi connectivity index (χ1v) is 12.4. The number of hydrogen-bond acceptors (Lipinski definition) is 3. The Labute approximate surface area is 200 Å². The van der Waals surface area contributed by atoms with Gasteiger partial charge in [-0.15, -0.1) is 0 Å². The number of rotatable bonds is 5. The predicted molar refractivity (Wildman–Crippen MR) is 135 cm³/mol. The molecule has 2 fully saturated rings. The van der Waals surface area contributed by atoms with Gasteiger partial charge in [-0.25, -0.2) is 9.78 Å². The molecule has 2 atom stereocenters. The van der Waals surface area contributed by atoms with Crippen molar-refractivity contribution in [2.75, 3.05) is 18.4 Å². The van der Waals surface area contributed by atoms with Crippen LogP contribution < -0.4 is 10.6 Å². The van der Waals surface area contributed by atoms with E-state index in [-0.39, 0.29) is 12.1 Å². The third kappa shape index (κ3) is 5.48. The van der Waals surface area contributed by atoms with Gasteiger partial charge in [-0.1, -0.05) is 48.0 Å². The van der Waals surface area contributed by atoms with Crippen LogP contribution in [-0.2, 0) is 6.42 Å². The van der Waals surface area contributed by atoms with E-state index >= 15 is 0 Å². The van der Waals surface area contributed by atoms with E-state index in [1.807, 2.05) is 42.5 Å². The zero-order chi connectivity index (χ0) is 22.6. The minimum absolute atomic E-state index is 0.160. The first-order valence-electron chi connectivity index (χ1n) is 12.0. The normalized spacial score (nSPS) is 21.8. The molecule has 1 saturated heterocycles. The molecule has 2 unspecified atom stereocenters. The molecular formula is C27H31ClN4O. The summed E-state index contributed by atoms with van der Waals surface area (Å²) in [6.07, 6.45) is 8.69. The number of carbonyl (C=O) groups is 1. The Morgan fingerprint density at radius 2 is 1.76 bits per heavy atom. The average molecular weight is 463 g/mol. The maximum atomic E-state index is 12.7. The fourth-order valence-corrected chi connectivity index (χ4v) is 5.59. The highest BCUT2D eigenvalue weighted by atomic mass is 35.5. The molecule has 6 heteroatoms. The monoisotopic (exact) mass is 462 g/mol.